The van der Waals surface area contributed by atoms with Crippen molar-refractivity contribution in [3.63, 3.8) is 0 Å². The van der Waals surface area contributed by atoms with E-state index < -0.39 is 0 Å². The van der Waals surface area contributed by atoms with Gasteiger partial charge in [0.2, 0.25) is 0 Å². The van der Waals surface area contributed by atoms with E-state index in [0.29, 0.717) is 42.7 Å². The predicted octanol–water partition coefficient (Wildman–Crippen LogP) is 6.13. The van der Waals surface area contributed by atoms with Gasteiger partial charge in [0.25, 0.3) is 0 Å². The largest absolute Gasteiger partial charge is 0.391 e. The average Bonchev–Trinajstić information content (AvgIpc) is 3.01. The zero-order chi connectivity index (χ0) is 19.6. The number of aromatic nitrogens is 3. The van der Waals surface area contributed by atoms with Crippen LogP contribution in [0.15, 0.2) is 41.6 Å². The molecule has 0 amide bonds. The van der Waals surface area contributed by atoms with Gasteiger partial charge in [-0.3, -0.25) is 0 Å². The number of hydrogen-bond acceptors (Lipinski definition) is 4. The van der Waals surface area contributed by atoms with Crippen LogP contribution < -0.4 is 0 Å². The second kappa shape index (κ2) is 8.48. The Morgan fingerprint density at radius 1 is 1.04 bits per heavy atom. The zero-order valence-electron chi connectivity index (χ0n) is 14.4. The molecule has 0 bridgehead atoms. The normalized spacial score (nSPS) is 11.7. The molecule has 0 fully saturated rings. The van der Waals surface area contributed by atoms with Crippen LogP contribution in [0.2, 0.25) is 20.1 Å². The molecule has 27 heavy (non-hydrogen) atoms. The van der Waals surface area contributed by atoms with Crippen LogP contribution in [0.3, 0.4) is 0 Å². The Kier molecular flexibility index (Phi) is 6.27. The van der Waals surface area contributed by atoms with Crippen LogP contribution in [-0.4, -0.2) is 20.7 Å². The number of halogens is 4. The lowest BCUT2D eigenvalue weighted by atomic mass is 10.2. The number of benzene rings is 2. The standard InChI is InChI=1S/C18H14Cl4N4O/c1-10(24-27-9-12-13(19)5-3-6-14(12)20)18-11(2)26(25-23-18)16-8-4-7-15(21)17(16)22/h3-8H,9H2,1-2H3/b24-10-. The number of rotatable bonds is 5. The van der Waals surface area contributed by atoms with E-state index in [0.717, 1.165) is 5.69 Å². The van der Waals surface area contributed by atoms with Gasteiger partial charge in [0.1, 0.15) is 18.0 Å². The molecule has 140 valence electrons. The lowest BCUT2D eigenvalue weighted by Crippen LogP contribution is -2.03. The highest BCUT2D eigenvalue weighted by Crippen LogP contribution is 2.29. The predicted molar refractivity (Wildman–Crippen MR) is 110 cm³/mol. The molecule has 0 N–H and O–H groups in total. The van der Waals surface area contributed by atoms with Crippen LogP contribution in [0.25, 0.3) is 5.69 Å². The average molecular weight is 444 g/mol. The summed E-state index contributed by atoms with van der Waals surface area (Å²) in [5, 5.41) is 14.3. The quantitative estimate of drug-likeness (QED) is 0.352. The summed E-state index contributed by atoms with van der Waals surface area (Å²) < 4.78 is 1.60. The van der Waals surface area contributed by atoms with Crippen molar-refractivity contribution in [2.75, 3.05) is 0 Å². The third-order valence-electron chi connectivity index (χ3n) is 3.87. The molecule has 5 nitrogen and oxygen atoms in total. The molecule has 3 aromatic rings. The SMILES string of the molecule is C/C(=N/OCc1c(Cl)cccc1Cl)c1nnn(-c2cccc(Cl)c2Cl)c1C. The van der Waals surface area contributed by atoms with Gasteiger partial charge in [0, 0.05) is 15.6 Å². The number of hydrogen-bond donors (Lipinski definition) is 0. The van der Waals surface area contributed by atoms with Gasteiger partial charge in [0.05, 0.1) is 21.4 Å². The Morgan fingerprint density at radius 3 is 2.37 bits per heavy atom. The summed E-state index contributed by atoms with van der Waals surface area (Å²) in [7, 11) is 0. The van der Waals surface area contributed by atoms with Gasteiger partial charge < -0.3 is 4.84 Å². The van der Waals surface area contributed by atoms with E-state index in [1.54, 1.807) is 41.9 Å². The van der Waals surface area contributed by atoms with E-state index in [2.05, 4.69) is 15.5 Å². The summed E-state index contributed by atoms with van der Waals surface area (Å²) in [6, 6.07) is 10.6. The van der Waals surface area contributed by atoms with E-state index in [-0.39, 0.29) is 6.61 Å². The smallest absolute Gasteiger partial charge is 0.145 e. The summed E-state index contributed by atoms with van der Waals surface area (Å²) in [6.45, 7) is 3.77. The van der Waals surface area contributed by atoms with Crippen molar-refractivity contribution in [2.45, 2.75) is 20.5 Å². The minimum atomic E-state index is 0.142. The van der Waals surface area contributed by atoms with Crippen molar-refractivity contribution in [3.05, 3.63) is 73.4 Å². The van der Waals surface area contributed by atoms with Gasteiger partial charge in [-0.05, 0) is 38.1 Å². The second-order valence-electron chi connectivity index (χ2n) is 5.66. The van der Waals surface area contributed by atoms with Crippen LogP contribution in [0.5, 0.6) is 0 Å². The van der Waals surface area contributed by atoms with E-state index in [4.69, 9.17) is 51.2 Å². The van der Waals surface area contributed by atoms with Gasteiger partial charge in [-0.1, -0.05) is 68.9 Å². The second-order valence-corrected chi connectivity index (χ2v) is 7.26. The van der Waals surface area contributed by atoms with Crippen molar-refractivity contribution in [1.82, 2.24) is 15.0 Å². The first-order valence-electron chi connectivity index (χ1n) is 7.86. The summed E-state index contributed by atoms with van der Waals surface area (Å²) in [4.78, 5) is 5.41. The van der Waals surface area contributed by atoms with Crippen molar-refractivity contribution in [3.8, 4) is 5.69 Å². The van der Waals surface area contributed by atoms with E-state index in [1.165, 1.54) is 0 Å². The molecule has 0 aliphatic heterocycles. The van der Waals surface area contributed by atoms with Crippen LogP contribution in [0, 0.1) is 6.92 Å². The first-order chi connectivity index (χ1) is 12.9. The fraction of sp³-hybridized carbons (Fsp3) is 0.167. The van der Waals surface area contributed by atoms with Crippen LogP contribution in [-0.2, 0) is 11.4 Å². The molecule has 1 aromatic heterocycles. The highest BCUT2D eigenvalue weighted by Gasteiger charge is 2.16. The molecule has 1 heterocycles. The van der Waals surface area contributed by atoms with Gasteiger partial charge in [-0.2, -0.15) is 0 Å². The highest BCUT2D eigenvalue weighted by atomic mass is 35.5. The molecule has 0 atom stereocenters. The fourth-order valence-corrected chi connectivity index (χ4v) is 3.34. The molecule has 3 rings (SSSR count). The monoisotopic (exact) mass is 442 g/mol. The van der Waals surface area contributed by atoms with Crippen molar-refractivity contribution < 1.29 is 4.84 Å². The summed E-state index contributed by atoms with van der Waals surface area (Å²) in [5.74, 6) is 0. The maximum Gasteiger partial charge on any atom is 0.145 e. The highest BCUT2D eigenvalue weighted by molar-refractivity contribution is 6.43. The molecule has 0 aliphatic rings. The Labute approximate surface area is 176 Å². The number of nitrogens with zero attached hydrogens (tertiary/aromatic N) is 4. The minimum absolute atomic E-state index is 0.142. The number of oxime groups is 1. The van der Waals surface area contributed by atoms with Crippen molar-refractivity contribution in [2.24, 2.45) is 5.16 Å². The summed E-state index contributed by atoms with van der Waals surface area (Å²) in [6.07, 6.45) is 0. The molecule has 0 saturated carbocycles. The Bertz CT molecular complexity index is 996. The van der Waals surface area contributed by atoms with Crippen LogP contribution >= 0.6 is 46.4 Å². The first-order valence-corrected chi connectivity index (χ1v) is 9.38. The van der Waals surface area contributed by atoms with Gasteiger partial charge in [0.15, 0.2) is 0 Å². The molecule has 0 saturated heterocycles. The Morgan fingerprint density at radius 2 is 1.67 bits per heavy atom. The minimum Gasteiger partial charge on any atom is -0.391 e. The van der Waals surface area contributed by atoms with E-state index in [1.807, 2.05) is 13.0 Å². The zero-order valence-corrected chi connectivity index (χ0v) is 17.4. The van der Waals surface area contributed by atoms with E-state index in [9.17, 15) is 0 Å². The van der Waals surface area contributed by atoms with Gasteiger partial charge in [-0.25, -0.2) is 4.68 Å². The maximum atomic E-state index is 6.27. The van der Waals surface area contributed by atoms with Crippen LogP contribution in [0.4, 0.5) is 0 Å². The fourth-order valence-electron chi connectivity index (χ4n) is 2.46. The Balaban J connectivity index is 1.82. The topological polar surface area (TPSA) is 52.3 Å². The van der Waals surface area contributed by atoms with Crippen molar-refractivity contribution in [1.29, 1.82) is 0 Å². The Hall–Kier alpha value is -1.79. The molecule has 0 unspecified atom stereocenters. The molecule has 9 heteroatoms. The summed E-state index contributed by atoms with van der Waals surface area (Å²) in [5.41, 5.74) is 3.19. The summed E-state index contributed by atoms with van der Waals surface area (Å²) >= 11 is 24.6. The maximum absolute atomic E-state index is 6.27. The molecule has 0 aliphatic carbocycles. The van der Waals surface area contributed by atoms with Crippen LogP contribution in [0.1, 0.15) is 23.9 Å². The molecular weight excluding hydrogens is 430 g/mol. The molecular formula is C18H14Cl4N4O. The third-order valence-corrected chi connectivity index (χ3v) is 5.39. The first kappa shape index (κ1) is 20.0. The van der Waals surface area contributed by atoms with Gasteiger partial charge >= 0.3 is 0 Å². The van der Waals surface area contributed by atoms with E-state index >= 15 is 0 Å². The van der Waals surface area contributed by atoms with Gasteiger partial charge in [-0.15, -0.1) is 5.10 Å². The van der Waals surface area contributed by atoms with Crippen molar-refractivity contribution >= 4 is 52.1 Å². The molecule has 2 aromatic carbocycles. The molecule has 0 radical (unpaired) electrons. The third kappa shape index (κ3) is 4.22. The lowest BCUT2D eigenvalue weighted by molar-refractivity contribution is 0.130. The lowest BCUT2D eigenvalue weighted by Gasteiger charge is -2.07. The molecule has 0 spiro atoms.